The van der Waals surface area contributed by atoms with E-state index in [9.17, 15) is 9.90 Å². The van der Waals surface area contributed by atoms with Gasteiger partial charge >= 0.3 is 65.3 Å². The van der Waals surface area contributed by atoms with Crippen LogP contribution in [-0.2, 0) is 4.79 Å². The van der Waals surface area contributed by atoms with Crippen LogP contribution in [0.25, 0.3) is 0 Å². The first kappa shape index (κ1) is 18.8. The average Bonchev–Trinajstić information content (AvgIpc) is 2.17. The van der Waals surface area contributed by atoms with Crippen molar-refractivity contribution in [2.75, 3.05) is 0 Å². The van der Waals surface area contributed by atoms with Gasteiger partial charge in [0.25, 0.3) is 0 Å². The van der Waals surface area contributed by atoms with Crippen LogP contribution < -0.4 is 5.11 Å². The van der Waals surface area contributed by atoms with Crippen LogP contribution in [0.3, 0.4) is 0 Å². The summed E-state index contributed by atoms with van der Waals surface area (Å²) in [6.45, 7) is 11.1. The van der Waals surface area contributed by atoms with Crippen LogP contribution in [0.2, 0.25) is 10.6 Å². The second kappa shape index (κ2) is 13.5. The standard InChI is InChI=1S/C6H8O2.2C4H9.Al/c1-2-3-4-5-6(7)8;2*1-4(2)3;/h2-5H,1H3,(H,7,8);2*4H,1H2,2-3H3;/q;;;+1/p-1. The van der Waals surface area contributed by atoms with Crippen LogP contribution in [-0.4, -0.2) is 21.2 Å². The summed E-state index contributed by atoms with van der Waals surface area (Å²) in [6, 6.07) is 0. The first-order valence-electron chi connectivity index (χ1n) is 6.22. The number of aliphatic carboxylic acids is 1. The van der Waals surface area contributed by atoms with Crippen LogP contribution >= 0.6 is 0 Å². The van der Waals surface area contributed by atoms with E-state index in [1.54, 1.807) is 19.1 Å². The molecule has 0 rings (SSSR count). The van der Waals surface area contributed by atoms with Crippen molar-refractivity contribution in [2.24, 2.45) is 11.8 Å². The maximum atomic E-state index is 9.64. The van der Waals surface area contributed by atoms with Crippen molar-refractivity contribution in [3.05, 3.63) is 24.3 Å². The number of carbonyl (C=O) groups is 1. The van der Waals surface area contributed by atoms with Crippen molar-refractivity contribution in [2.45, 2.75) is 45.2 Å². The van der Waals surface area contributed by atoms with E-state index in [1.807, 2.05) is 0 Å². The van der Waals surface area contributed by atoms with Gasteiger partial charge in [-0.3, -0.25) is 0 Å². The van der Waals surface area contributed by atoms with Crippen molar-refractivity contribution >= 4 is 21.2 Å². The molecular weight excluding hydrogens is 227 g/mol. The molecule has 0 atom stereocenters. The second-order valence-corrected chi connectivity index (χ2v) is 6.27. The molecule has 0 saturated carbocycles. The first-order valence-corrected chi connectivity index (χ1v) is 7.85. The van der Waals surface area contributed by atoms with E-state index in [2.05, 4.69) is 27.7 Å². The summed E-state index contributed by atoms with van der Waals surface area (Å²) in [6.07, 6.45) is 5.74. The van der Waals surface area contributed by atoms with Gasteiger partial charge in [0.2, 0.25) is 0 Å². The smallest absolute Gasteiger partial charge is 0.0642 e. The molecule has 17 heavy (non-hydrogen) atoms. The Bertz CT molecular complexity index is 222. The molecule has 0 aliphatic carbocycles. The molecule has 0 amide bonds. The summed E-state index contributed by atoms with van der Waals surface area (Å²) in [5, 5.41) is 12.6. The van der Waals surface area contributed by atoms with E-state index in [0.29, 0.717) is 0 Å². The van der Waals surface area contributed by atoms with Gasteiger partial charge in [-0.05, 0) is 13.0 Å². The summed E-state index contributed by atoms with van der Waals surface area (Å²) in [7, 11) is 0. The zero-order chi connectivity index (χ0) is 13.7. The zero-order valence-electron chi connectivity index (χ0n) is 11.8. The maximum Gasteiger partial charge on any atom is 0.0642 e. The van der Waals surface area contributed by atoms with E-state index < -0.39 is 5.97 Å². The van der Waals surface area contributed by atoms with Gasteiger partial charge in [0.15, 0.2) is 0 Å². The quantitative estimate of drug-likeness (QED) is 0.414. The van der Waals surface area contributed by atoms with Gasteiger partial charge < -0.3 is 9.90 Å². The second-order valence-electron chi connectivity index (χ2n) is 4.75. The Kier molecular flexibility index (Phi) is 15.0. The van der Waals surface area contributed by atoms with Crippen molar-refractivity contribution in [1.29, 1.82) is 0 Å². The summed E-state index contributed by atoms with van der Waals surface area (Å²) >= 11 is 0.755. The Balaban J connectivity index is 0. The van der Waals surface area contributed by atoms with Gasteiger partial charge in [0.1, 0.15) is 0 Å². The third kappa shape index (κ3) is 25.6. The number of hydrogen-bond donors (Lipinski definition) is 0. The summed E-state index contributed by atoms with van der Waals surface area (Å²) in [5.74, 6) is 0.695. The number of carboxylic acids is 1. The molecule has 0 unspecified atom stereocenters. The molecule has 0 bridgehead atoms. The molecule has 0 aromatic rings. The number of rotatable bonds is 6. The monoisotopic (exact) mass is 252 g/mol. The van der Waals surface area contributed by atoms with Crippen LogP contribution in [0.4, 0.5) is 0 Å². The topological polar surface area (TPSA) is 40.1 Å². The third-order valence-electron chi connectivity index (χ3n) is 1.81. The van der Waals surface area contributed by atoms with Crippen molar-refractivity contribution in [1.82, 2.24) is 0 Å². The number of carboxylic acid groups (broad SMARTS) is 1. The Morgan fingerprint density at radius 1 is 1.12 bits per heavy atom. The Morgan fingerprint density at radius 2 is 1.59 bits per heavy atom. The summed E-state index contributed by atoms with van der Waals surface area (Å²) < 4.78 is 0. The molecule has 0 heterocycles. The van der Waals surface area contributed by atoms with Crippen LogP contribution in [0.15, 0.2) is 24.3 Å². The molecule has 0 N–H and O–H groups in total. The third-order valence-corrected chi connectivity index (χ3v) is 4.36. The minimum absolute atomic E-state index is 0.755. The molecule has 96 valence electrons. The molecule has 0 aliphatic rings. The maximum absolute atomic E-state index is 9.64. The summed E-state index contributed by atoms with van der Waals surface area (Å²) in [4.78, 5) is 9.64. The fraction of sp³-hybridized carbons (Fsp3) is 0.643. The molecule has 0 fully saturated rings. The largest absolute Gasteiger partial charge is 0.545 e. The fourth-order valence-corrected chi connectivity index (χ4v) is 2.53. The molecule has 0 aromatic heterocycles. The Hall–Kier alpha value is -0.518. The van der Waals surface area contributed by atoms with Gasteiger partial charge in [0.05, 0.1) is 5.97 Å². The van der Waals surface area contributed by atoms with Crippen molar-refractivity contribution in [3.63, 3.8) is 0 Å². The molecule has 0 saturated heterocycles. The van der Waals surface area contributed by atoms with E-state index in [0.717, 1.165) is 33.1 Å². The van der Waals surface area contributed by atoms with Gasteiger partial charge in [0, 0.05) is 0 Å². The zero-order valence-corrected chi connectivity index (χ0v) is 12.9. The van der Waals surface area contributed by atoms with Gasteiger partial charge in [-0.25, -0.2) is 0 Å². The minimum atomic E-state index is -1.16. The van der Waals surface area contributed by atoms with Gasteiger partial charge in [-0.1, -0.05) is 18.2 Å². The van der Waals surface area contributed by atoms with Crippen LogP contribution in [0, 0.1) is 11.8 Å². The number of hydrogen-bond acceptors (Lipinski definition) is 2. The predicted molar refractivity (Wildman–Crippen MR) is 74.0 cm³/mol. The number of allylic oxidation sites excluding steroid dienone is 3. The van der Waals surface area contributed by atoms with E-state index in [4.69, 9.17) is 0 Å². The minimum Gasteiger partial charge on any atom is -0.545 e. The Labute approximate surface area is 113 Å². The Morgan fingerprint density at radius 3 is 1.88 bits per heavy atom. The molecule has 0 spiro atoms. The average molecular weight is 252 g/mol. The molecule has 0 aliphatic heterocycles. The van der Waals surface area contributed by atoms with Crippen LogP contribution in [0.5, 0.6) is 0 Å². The molecule has 3 heteroatoms. The van der Waals surface area contributed by atoms with E-state index in [1.165, 1.54) is 16.6 Å². The van der Waals surface area contributed by atoms with Crippen LogP contribution in [0.1, 0.15) is 34.6 Å². The fourth-order valence-electron chi connectivity index (χ4n) is 1.01. The first-order chi connectivity index (χ1) is 7.90. The molecule has 0 radical (unpaired) electrons. The SMILES string of the molecule is CC(C)[CH2][Al+][CH2]C(C)C.CC=CC=CC(=O)[O-]. The predicted octanol–water partition coefficient (Wildman–Crippen LogP) is 2.71. The van der Waals surface area contributed by atoms with E-state index >= 15 is 0 Å². The van der Waals surface area contributed by atoms with Gasteiger partial charge in [-0.15, -0.1) is 0 Å². The molecular formula is C14H25AlO2. The summed E-state index contributed by atoms with van der Waals surface area (Å²) in [5.41, 5.74) is 0. The molecule has 0 aromatic carbocycles. The van der Waals surface area contributed by atoms with Gasteiger partial charge in [-0.2, -0.15) is 0 Å². The van der Waals surface area contributed by atoms with Crippen molar-refractivity contribution in [3.8, 4) is 0 Å². The van der Waals surface area contributed by atoms with Crippen molar-refractivity contribution < 1.29 is 9.90 Å². The normalized spacial score (nSPS) is 10.8. The number of carbonyl (C=O) groups excluding carboxylic acids is 1. The van der Waals surface area contributed by atoms with E-state index in [-0.39, 0.29) is 0 Å². The molecule has 2 nitrogen and oxygen atoms in total.